The number of carbonyl (C=O) groups is 11. The molecule has 11 N–H and O–H groups in total. The van der Waals surface area contributed by atoms with Crippen molar-refractivity contribution < 1.29 is 67.0 Å². The molecule has 106 heavy (non-hydrogen) atoms. The van der Waals surface area contributed by atoms with E-state index in [1.165, 1.54) is 16.7 Å². The van der Waals surface area contributed by atoms with Crippen molar-refractivity contribution in [2.45, 2.75) is 196 Å². The van der Waals surface area contributed by atoms with Gasteiger partial charge in [0.15, 0.2) is 0 Å². The van der Waals surface area contributed by atoms with Crippen LogP contribution in [0.1, 0.15) is 140 Å². The lowest BCUT2D eigenvalue weighted by Crippen LogP contribution is -2.61. The third-order valence-electron chi connectivity index (χ3n) is 17.9. The minimum absolute atomic E-state index is 0.0149. The molecule has 1 aliphatic carbocycles. The molecular weight excluding hydrogens is 1390 g/mol. The second-order valence-electron chi connectivity index (χ2n) is 28.0. The predicted molar refractivity (Wildman–Crippen MR) is 408 cm³/mol. The zero-order valence-corrected chi connectivity index (χ0v) is 63.2. The Kier molecular flexibility index (Phi) is 34.0. The first kappa shape index (κ1) is 83.6. The molecule has 1 heterocycles. The standard InChI is InChI=1S/C79H105N11O14S2/c1-7-102-59-37-35-55(36-38-59)46-61(84-67(92)48-79(39-21-12-22-40-79)106-51-58-31-19-11-20-32-58)70(94)85-62(45-54-25-13-8-14-26-54)72(96)89-68(53(2)3)74(98)86-63(47-66(80)91)71(95)87-64(52-105-50-57-29-17-10-18-30-57)75(99)90-44-24-34-65(90)73(97)82-43-42-81-69(93)60(88-77(101)104-78(4,5)6)33-23-41-83-76(100)103-49-56-27-15-9-16-28-56/h8-11,13-20,25-32,35-38,53,60-65,68H,7,12,21-24,33-34,39-52H2,1-6H3,(H2,80,91)(H,81,93)(H,82,97)(H,83,100)(H,84,92)(H,85,94)(H,86,98)(H,87,95)(H,88,101)(H,89,96)/t60-,61-,62+,63+,64+,65+,68+/m1/s1. The van der Waals surface area contributed by atoms with Crippen molar-refractivity contribution in [2.75, 3.05) is 38.5 Å². The summed E-state index contributed by atoms with van der Waals surface area (Å²) in [5.74, 6) is -5.19. The molecule has 1 saturated carbocycles. The second kappa shape index (κ2) is 43.1. The fourth-order valence-electron chi connectivity index (χ4n) is 12.5. The van der Waals surface area contributed by atoms with Crippen molar-refractivity contribution in [3.63, 3.8) is 0 Å². The van der Waals surface area contributed by atoms with E-state index < -0.39 is 120 Å². The van der Waals surface area contributed by atoms with Crippen molar-refractivity contribution in [1.82, 2.24) is 52.8 Å². The first-order chi connectivity index (χ1) is 50.9. The molecule has 5 aromatic carbocycles. The molecule has 572 valence electrons. The smallest absolute Gasteiger partial charge is 0.408 e. The highest BCUT2D eigenvalue weighted by atomic mass is 32.2. The Bertz CT molecular complexity index is 3660. The average molecular weight is 1500 g/mol. The van der Waals surface area contributed by atoms with E-state index in [-0.39, 0.29) is 87.7 Å². The van der Waals surface area contributed by atoms with E-state index in [4.69, 9.17) is 19.9 Å². The number of hydrogen-bond acceptors (Lipinski definition) is 16. The Morgan fingerprint density at radius 3 is 1.71 bits per heavy atom. The number of carbonyl (C=O) groups excluding carboxylic acids is 11. The summed E-state index contributed by atoms with van der Waals surface area (Å²) in [6, 6.07) is 35.8. The summed E-state index contributed by atoms with van der Waals surface area (Å²) >= 11 is 3.09. The highest BCUT2D eigenvalue weighted by Gasteiger charge is 2.41. The third kappa shape index (κ3) is 29.0. The maximum atomic E-state index is 15.0. The van der Waals surface area contributed by atoms with E-state index >= 15 is 0 Å². The van der Waals surface area contributed by atoms with Crippen LogP contribution in [0.3, 0.4) is 0 Å². The molecule has 0 spiro atoms. The highest BCUT2D eigenvalue weighted by Crippen LogP contribution is 2.44. The predicted octanol–water partition coefficient (Wildman–Crippen LogP) is 7.61. The summed E-state index contributed by atoms with van der Waals surface area (Å²) in [4.78, 5) is 156. The van der Waals surface area contributed by atoms with Gasteiger partial charge >= 0.3 is 12.2 Å². The summed E-state index contributed by atoms with van der Waals surface area (Å²) in [5, 5.41) is 25.0. The van der Waals surface area contributed by atoms with Gasteiger partial charge in [-0.05, 0) is 112 Å². The average Bonchev–Trinajstić information content (AvgIpc) is 1.80. The number of likely N-dealkylation sites (tertiary alicyclic amines) is 1. The Hall–Kier alpha value is -9.63. The lowest BCUT2D eigenvalue weighted by molar-refractivity contribution is -0.141. The minimum atomic E-state index is -1.67. The van der Waals surface area contributed by atoms with E-state index in [1.807, 2.05) is 97.9 Å². The van der Waals surface area contributed by atoms with Crippen LogP contribution in [-0.4, -0.2) is 161 Å². The summed E-state index contributed by atoms with van der Waals surface area (Å²) in [6.45, 7) is 10.8. The van der Waals surface area contributed by atoms with Gasteiger partial charge in [-0.15, -0.1) is 11.8 Å². The van der Waals surface area contributed by atoms with Crippen LogP contribution in [0.4, 0.5) is 9.59 Å². The number of hydrogen-bond donors (Lipinski definition) is 10. The third-order valence-corrected chi connectivity index (χ3v) is 20.6. The molecule has 11 amide bonds. The first-order valence-electron chi connectivity index (χ1n) is 36.5. The van der Waals surface area contributed by atoms with Crippen LogP contribution < -0.4 is 58.3 Å². The Morgan fingerprint density at radius 2 is 1.10 bits per heavy atom. The van der Waals surface area contributed by atoms with Gasteiger partial charge in [0, 0.05) is 67.4 Å². The zero-order chi connectivity index (χ0) is 76.4. The lowest BCUT2D eigenvalue weighted by Gasteiger charge is -2.37. The van der Waals surface area contributed by atoms with E-state index in [1.54, 1.807) is 88.8 Å². The summed E-state index contributed by atoms with van der Waals surface area (Å²) in [5.41, 5.74) is 9.15. The quantitative estimate of drug-likeness (QED) is 0.0169. The van der Waals surface area contributed by atoms with E-state index in [9.17, 15) is 52.7 Å². The van der Waals surface area contributed by atoms with Crippen molar-refractivity contribution in [3.8, 4) is 5.75 Å². The highest BCUT2D eigenvalue weighted by molar-refractivity contribution is 8.00. The zero-order valence-electron chi connectivity index (χ0n) is 61.6. The molecule has 5 aromatic rings. The maximum absolute atomic E-state index is 15.0. The van der Waals surface area contributed by atoms with Crippen molar-refractivity contribution >= 4 is 88.9 Å². The fraction of sp³-hybridized carbons (Fsp3) is 0.481. The number of benzene rings is 5. The number of primary amides is 1. The Morgan fingerprint density at radius 1 is 0.557 bits per heavy atom. The van der Waals surface area contributed by atoms with Crippen LogP contribution in [-0.2, 0) is 83.6 Å². The molecule has 0 radical (unpaired) electrons. The molecule has 7 rings (SSSR count). The first-order valence-corrected chi connectivity index (χ1v) is 38.6. The van der Waals surface area contributed by atoms with Crippen LogP contribution >= 0.6 is 23.5 Å². The number of nitrogens with one attached hydrogen (secondary N) is 9. The lowest BCUT2D eigenvalue weighted by atomic mass is 9.85. The molecule has 2 aliphatic rings. The summed E-state index contributed by atoms with van der Waals surface area (Å²) in [7, 11) is 0. The van der Waals surface area contributed by atoms with E-state index in [0.717, 1.165) is 54.4 Å². The molecule has 27 heteroatoms. The number of nitrogens with zero attached hydrogens (tertiary/aromatic N) is 1. The molecule has 1 saturated heterocycles. The van der Waals surface area contributed by atoms with E-state index in [0.29, 0.717) is 35.8 Å². The molecule has 7 atom stereocenters. The van der Waals surface area contributed by atoms with Crippen LogP contribution in [0.2, 0.25) is 0 Å². The number of amides is 11. The number of alkyl carbamates (subject to hydrolysis) is 2. The largest absolute Gasteiger partial charge is 0.494 e. The van der Waals surface area contributed by atoms with Crippen LogP contribution in [0.5, 0.6) is 5.75 Å². The molecule has 1 aliphatic heterocycles. The summed E-state index contributed by atoms with van der Waals surface area (Å²) in [6.07, 6.45) is 3.68. The Labute approximate surface area is 630 Å². The van der Waals surface area contributed by atoms with Gasteiger partial charge in [-0.1, -0.05) is 167 Å². The molecule has 0 aromatic heterocycles. The molecule has 0 unspecified atom stereocenters. The van der Waals surface area contributed by atoms with Crippen molar-refractivity contribution in [1.29, 1.82) is 0 Å². The minimum Gasteiger partial charge on any atom is -0.494 e. The van der Waals surface area contributed by atoms with Crippen LogP contribution in [0.25, 0.3) is 0 Å². The van der Waals surface area contributed by atoms with Gasteiger partial charge in [-0.25, -0.2) is 9.59 Å². The van der Waals surface area contributed by atoms with Gasteiger partial charge in [-0.3, -0.25) is 43.2 Å². The molecule has 2 fully saturated rings. The number of ether oxygens (including phenoxy) is 3. The topological polar surface area (TPSA) is 353 Å². The van der Waals surface area contributed by atoms with Gasteiger partial charge < -0.3 is 72.7 Å². The number of nitrogens with two attached hydrogens (primary N) is 1. The molecule has 25 nitrogen and oxygen atoms in total. The van der Waals surface area contributed by atoms with Crippen LogP contribution in [0, 0.1) is 5.92 Å². The number of thioether (sulfide) groups is 2. The Balaban J connectivity index is 1.02. The SMILES string of the molecule is CCOc1ccc(C[C@@H](NC(=O)CC2(SCc3ccccc3)CCCCC2)C(=O)N[C@@H](Cc2ccccc2)C(=O)N[C@H](C(=O)N[C@@H](CC(N)=O)C(=O)N[C@@H](CSCc2ccccc2)C(=O)N2CCC[C@H]2C(=O)NCCNC(=O)[C@@H](CCCNC(=O)OCc2ccccc2)NC(=O)OC(C)(C)C)C(C)C)cc1. The fourth-order valence-corrected chi connectivity index (χ4v) is 14.9. The second-order valence-corrected chi connectivity index (χ2v) is 30.4. The van der Waals surface area contributed by atoms with Gasteiger partial charge in [0.25, 0.3) is 0 Å². The van der Waals surface area contributed by atoms with Crippen molar-refractivity contribution in [3.05, 3.63) is 173 Å². The molecular formula is C79H105N11O14S2. The monoisotopic (exact) mass is 1500 g/mol. The summed E-state index contributed by atoms with van der Waals surface area (Å²) < 4.78 is 16.0. The van der Waals surface area contributed by atoms with E-state index in [2.05, 4.69) is 60.0 Å². The van der Waals surface area contributed by atoms with Crippen LogP contribution in [0.15, 0.2) is 146 Å². The number of rotatable bonds is 40. The van der Waals surface area contributed by atoms with Gasteiger partial charge in [-0.2, -0.15) is 11.8 Å². The molecule has 0 bridgehead atoms. The normalized spacial score (nSPS) is 15.7. The van der Waals surface area contributed by atoms with Gasteiger partial charge in [0.1, 0.15) is 60.3 Å². The van der Waals surface area contributed by atoms with Crippen molar-refractivity contribution in [2.24, 2.45) is 11.7 Å². The van der Waals surface area contributed by atoms with Gasteiger partial charge in [0.2, 0.25) is 53.2 Å². The van der Waals surface area contributed by atoms with Gasteiger partial charge in [0.05, 0.1) is 13.0 Å². The maximum Gasteiger partial charge on any atom is 0.408 e.